The molecule has 0 radical (unpaired) electrons. The molecule has 0 spiro atoms. The Labute approximate surface area is 116 Å². The molecule has 0 aromatic carbocycles. The van der Waals surface area contributed by atoms with Gasteiger partial charge in [-0.15, -0.1) is 12.4 Å². The average molecular weight is 281 g/mol. The van der Waals surface area contributed by atoms with Gasteiger partial charge in [0.2, 0.25) is 0 Å². The lowest BCUT2D eigenvalue weighted by Crippen LogP contribution is -2.53. The molecule has 1 N–H and O–H groups in total. The highest BCUT2D eigenvalue weighted by Crippen LogP contribution is 2.04. The van der Waals surface area contributed by atoms with E-state index in [9.17, 15) is 4.79 Å². The molecule has 1 aliphatic rings. The third kappa shape index (κ3) is 6.00. The number of halogens is 1. The summed E-state index contributed by atoms with van der Waals surface area (Å²) in [6.07, 6.45) is -0.374. The molecule has 5 nitrogen and oxygen atoms in total. The first-order chi connectivity index (χ1) is 8.15. The second-order valence-corrected chi connectivity index (χ2v) is 4.35. The van der Waals surface area contributed by atoms with Crippen LogP contribution in [0, 0.1) is 0 Å². The van der Waals surface area contributed by atoms with E-state index in [4.69, 9.17) is 9.47 Å². The molecular formula is C12H25ClN2O3. The van der Waals surface area contributed by atoms with E-state index in [1.807, 2.05) is 11.8 Å². The van der Waals surface area contributed by atoms with Crippen molar-refractivity contribution in [3.05, 3.63) is 0 Å². The highest BCUT2D eigenvalue weighted by Gasteiger charge is 2.24. The van der Waals surface area contributed by atoms with E-state index in [1.165, 1.54) is 0 Å². The highest BCUT2D eigenvalue weighted by molar-refractivity contribution is 5.85. The first-order valence-corrected chi connectivity index (χ1v) is 6.36. The van der Waals surface area contributed by atoms with E-state index in [1.54, 1.807) is 6.92 Å². The quantitative estimate of drug-likeness (QED) is 0.727. The van der Waals surface area contributed by atoms with Crippen LogP contribution in [0.25, 0.3) is 0 Å². The summed E-state index contributed by atoms with van der Waals surface area (Å²) in [7, 11) is 0. The maximum Gasteiger partial charge on any atom is 0.251 e. The lowest BCUT2D eigenvalue weighted by molar-refractivity contribution is -0.144. The van der Waals surface area contributed by atoms with E-state index >= 15 is 0 Å². The molecule has 1 rings (SSSR count). The molecule has 2 unspecified atom stereocenters. The molecule has 18 heavy (non-hydrogen) atoms. The number of amides is 1. The molecular weight excluding hydrogens is 256 g/mol. The maximum atomic E-state index is 12.0. The predicted octanol–water partition coefficient (Wildman–Crippen LogP) is 0.670. The van der Waals surface area contributed by atoms with Gasteiger partial charge < -0.3 is 19.7 Å². The number of carbonyl (C=O) groups is 1. The Morgan fingerprint density at radius 3 is 2.83 bits per heavy atom. The first-order valence-electron chi connectivity index (χ1n) is 6.36. The molecule has 1 saturated heterocycles. The Hall–Kier alpha value is -0.360. The van der Waals surface area contributed by atoms with Crippen molar-refractivity contribution < 1.29 is 14.3 Å². The zero-order chi connectivity index (χ0) is 12.7. The molecule has 0 aliphatic carbocycles. The van der Waals surface area contributed by atoms with Gasteiger partial charge in [-0.05, 0) is 20.8 Å². The van der Waals surface area contributed by atoms with Crippen molar-refractivity contribution >= 4 is 18.3 Å². The minimum Gasteiger partial charge on any atom is -0.379 e. The van der Waals surface area contributed by atoms with Crippen LogP contribution < -0.4 is 5.32 Å². The summed E-state index contributed by atoms with van der Waals surface area (Å²) in [6.45, 7) is 9.92. The largest absolute Gasteiger partial charge is 0.379 e. The van der Waals surface area contributed by atoms with E-state index in [0.717, 1.165) is 19.6 Å². The number of rotatable bonds is 6. The van der Waals surface area contributed by atoms with E-state index in [2.05, 4.69) is 12.2 Å². The van der Waals surface area contributed by atoms with Crippen LogP contribution in [-0.4, -0.2) is 62.4 Å². The third-order valence-corrected chi connectivity index (χ3v) is 2.83. The van der Waals surface area contributed by atoms with E-state index in [-0.39, 0.29) is 24.4 Å². The summed E-state index contributed by atoms with van der Waals surface area (Å²) in [5.74, 6) is 0.0786. The SMILES string of the molecule is CCOCCOC(C)C(=O)N1CCNC(C)C1.Cl. The van der Waals surface area contributed by atoms with Crippen molar-refractivity contribution in [1.82, 2.24) is 10.2 Å². The van der Waals surface area contributed by atoms with Crippen LogP contribution >= 0.6 is 12.4 Å². The van der Waals surface area contributed by atoms with Gasteiger partial charge in [0.15, 0.2) is 0 Å². The van der Waals surface area contributed by atoms with Gasteiger partial charge in [0, 0.05) is 32.3 Å². The second-order valence-electron chi connectivity index (χ2n) is 4.35. The Morgan fingerprint density at radius 2 is 2.22 bits per heavy atom. The van der Waals surface area contributed by atoms with Crippen molar-refractivity contribution in [2.75, 3.05) is 39.5 Å². The fourth-order valence-electron chi connectivity index (χ4n) is 1.89. The standard InChI is InChI=1S/C12H24N2O3.ClH/c1-4-16-7-8-17-11(3)12(15)14-6-5-13-10(2)9-14;/h10-11,13H,4-9H2,1-3H3;1H. The molecule has 0 bridgehead atoms. The van der Waals surface area contributed by atoms with Gasteiger partial charge in [0.1, 0.15) is 6.10 Å². The fraction of sp³-hybridized carbons (Fsp3) is 0.917. The fourth-order valence-corrected chi connectivity index (χ4v) is 1.89. The summed E-state index contributed by atoms with van der Waals surface area (Å²) < 4.78 is 10.6. The van der Waals surface area contributed by atoms with Crippen LogP contribution in [0.15, 0.2) is 0 Å². The van der Waals surface area contributed by atoms with Crippen LogP contribution in [0.4, 0.5) is 0 Å². The summed E-state index contributed by atoms with van der Waals surface area (Å²) in [5.41, 5.74) is 0. The maximum absolute atomic E-state index is 12.0. The van der Waals surface area contributed by atoms with Crippen LogP contribution in [0.2, 0.25) is 0 Å². The van der Waals surface area contributed by atoms with E-state index < -0.39 is 0 Å². The molecule has 1 amide bonds. The molecule has 6 heteroatoms. The summed E-state index contributed by atoms with van der Waals surface area (Å²) in [5, 5.41) is 3.31. The van der Waals surface area contributed by atoms with Crippen LogP contribution in [-0.2, 0) is 14.3 Å². The molecule has 1 fully saturated rings. The van der Waals surface area contributed by atoms with Crippen molar-refractivity contribution in [2.45, 2.75) is 32.9 Å². The van der Waals surface area contributed by atoms with Gasteiger partial charge in [-0.25, -0.2) is 0 Å². The molecule has 0 aromatic heterocycles. The first kappa shape index (κ1) is 17.6. The number of piperazine rings is 1. The number of carbonyl (C=O) groups excluding carboxylic acids is 1. The monoisotopic (exact) mass is 280 g/mol. The Morgan fingerprint density at radius 1 is 1.50 bits per heavy atom. The van der Waals surface area contributed by atoms with Gasteiger partial charge in [-0.3, -0.25) is 4.79 Å². The number of ether oxygens (including phenoxy) is 2. The van der Waals surface area contributed by atoms with Gasteiger partial charge in [-0.2, -0.15) is 0 Å². The highest BCUT2D eigenvalue weighted by atomic mass is 35.5. The Bertz CT molecular complexity index is 241. The van der Waals surface area contributed by atoms with Crippen molar-refractivity contribution in [3.8, 4) is 0 Å². The van der Waals surface area contributed by atoms with Crippen molar-refractivity contribution in [1.29, 1.82) is 0 Å². The average Bonchev–Trinajstić information content (AvgIpc) is 2.33. The zero-order valence-electron chi connectivity index (χ0n) is 11.5. The van der Waals surface area contributed by atoms with Crippen LogP contribution in [0.1, 0.15) is 20.8 Å². The second kappa shape index (κ2) is 9.55. The number of hydrogen-bond donors (Lipinski definition) is 1. The number of hydrogen-bond acceptors (Lipinski definition) is 4. The van der Waals surface area contributed by atoms with Crippen LogP contribution in [0.5, 0.6) is 0 Å². The third-order valence-electron chi connectivity index (χ3n) is 2.83. The van der Waals surface area contributed by atoms with Gasteiger partial charge in [0.25, 0.3) is 5.91 Å². The van der Waals surface area contributed by atoms with Gasteiger partial charge >= 0.3 is 0 Å². The lowest BCUT2D eigenvalue weighted by Gasteiger charge is -2.33. The molecule has 108 valence electrons. The van der Waals surface area contributed by atoms with Gasteiger partial charge in [-0.1, -0.05) is 0 Å². The number of nitrogens with zero attached hydrogens (tertiary/aromatic N) is 1. The van der Waals surface area contributed by atoms with Gasteiger partial charge in [0.05, 0.1) is 13.2 Å². The molecule has 1 heterocycles. The van der Waals surface area contributed by atoms with E-state index in [0.29, 0.717) is 25.9 Å². The smallest absolute Gasteiger partial charge is 0.251 e. The molecule has 2 atom stereocenters. The van der Waals surface area contributed by atoms with Crippen molar-refractivity contribution in [3.63, 3.8) is 0 Å². The summed E-state index contributed by atoms with van der Waals surface area (Å²) >= 11 is 0. The topological polar surface area (TPSA) is 50.8 Å². The van der Waals surface area contributed by atoms with Crippen LogP contribution in [0.3, 0.4) is 0 Å². The normalized spacial score (nSPS) is 21.3. The zero-order valence-corrected chi connectivity index (χ0v) is 12.3. The Kier molecular flexibility index (Phi) is 9.36. The molecule has 0 saturated carbocycles. The lowest BCUT2D eigenvalue weighted by atomic mass is 10.2. The molecule has 0 aromatic rings. The minimum absolute atomic E-state index is 0. The minimum atomic E-state index is -0.374. The number of nitrogens with one attached hydrogen (secondary N) is 1. The predicted molar refractivity (Wildman–Crippen MR) is 73.2 cm³/mol. The summed E-state index contributed by atoms with van der Waals surface area (Å²) in [4.78, 5) is 13.9. The van der Waals surface area contributed by atoms with Crippen molar-refractivity contribution in [2.24, 2.45) is 0 Å². The summed E-state index contributed by atoms with van der Waals surface area (Å²) in [6, 6.07) is 0.364. The molecule has 1 aliphatic heterocycles. The Balaban J connectivity index is 0.00000289.